The van der Waals surface area contributed by atoms with Gasteiger partial charge in [-0.25, -0.2) is 0 Å². The molecule has 21 heavy (non-hydrogen) atoms. The highest BCUT2D eigenvalue weighted by molar-refractivity contribution is 8.22. The number of thiocarbonyl (C=S) groups is 1. The number of carboxylic acid groups (broad SMARTS) is 1. The Kier molecular flexibility index (Phi) is 16.2. The van der Waals surface area contributed by atoms with E-state index in [0.29, 0.717) is 24.1 Å². The molecule has 3 N–H and O–H groups in total. The van der Waals surface area contributed by atoms with Crippen LogP contribution >= 0.6 is 24.0 Å². The minimum Gasteiger partial charge on any atom is -0.481 e. The van der Waals surface area contributed by atoms with E-state index < -0.39 is 14.8 Å². The van der Waals surface area contributed by atoms with E-state index in [9.17, 15) is 0 Å². The molecule has 0 aliphatic carbocycles. The van der Waals surface area contributed by atoms with Crippen LogP contribution in [0.5, 0.6) is 0 Å². The number of hydrogen-bond donors (Lipinski definition) is 2. The molecule has 0 heterocycles. The van der Waals surface area contributed by atoms with Gasteiger partial charge in [0, 0.05) is 38.5 Å². The predicted octanol–water partition coefficient (Wildman–Crippen LogP) is 2.49. The van der Waals surface area contributed by atoms with Crippen LogP contribution in [-0.2, 0) is 18.1 Å². The lowest BCUT2D eigenvalue weighted by Crippen LogP contribution is -2.46. The van der Waals surface area contributed by atoms with Crippen molar-refractivity contribution >= 4 is 43.1 Å². The van der Waals surface area contributed by atoms with Crippen molar-refractivity contribution in [3.05, 3.63) is 0 Å². The summed E-state index contributed by atoms with van der Waals surface area (Å²) in [5, 5.41) is 7.42. The van der Waals surface area contributed by atoms with Crippen molar-refractivity contribution in [3.63, 3.8) is 0 Å². The highest BCUT2D eigenvalue weighted by Crippen LogP contribution is 2.19. The Bertz CT molecular complexity index is 274. The number of carbonyl (C=O) groups is 1. The standard InChI is InChI=1S/C10H23NO3S2Si.C2H4O2/c1-4-12-17(13-5-2,14-6-3)9-7-8-16-10(11)15;1-2(3)4/h4-9H2,1-3H3,(H2,11,15);1H3,(H,3,4). The largest absolute Gasteiger partial charge is 0.500 e. The Hall–Kier alpha value is -0.193. The molecule has 9 heteroatoms. The number of hydrogen-bond acceptors (Lipinski definition) is 6. The van der Waals surface area contributed by atoms with E-state index in [1.807, 2.05) is 20.8 Å². The van der Waals surface area contributed by atoms with Gasteiger partial charge in [-0.1, -0.05) is 24.0 Å². The molecule has 0 bridgehead atoms. The van der Waals surface area contributed by atoms with E-state index in [2.05, 4.69) is 0 Å². The smallest absolute Gasteiger partial charge is 0.481 e. The maximum absolute atomic E-state index is 9.00. The molecule has 0 aromatic heterocycles. The van der Waals surface area contributed by atoms with E-state index in [0.717, 1.165) is 25.1 Å². The molecule has 6 nitrogen and oxygen atoms in total. The van der Waals surface area contributed by atoms with Gasteiger partial charge in [0.25, 0.3) is 5.97 Å². The molecule has 0 atom stereocenters. The molecule has 0 saturated heterocycles. The van der Waals surface area contributed by atoms with Gasteiger partial charge in [-0.15, -0.1) is 0 Å². The van der Waals surface area contributed by atoms with Crippen LogP contribution in [0.1, 0.15) is 34.1 Å². The van der Waals surface area contributed by atoms with Crippen LogP contribution in [0.2, 0.25) is 6.04 Å². The monoisotopic (exact) mass is 357 g/mol. The van der Waals surface area contributed by atoms with Crippen LogP contribution in [0.15, 0.2) is 0 Å². The molecule has 0 rings (SSSR count). The van der Waals surface area contributed by atoms with Crippen LogP contribution in [0.25, 0.3) is 0 Å². The molecule has 0 unspecified atom stereocenters. The Labute approximate surface area is 138 Å². The number of aliphatic carboxylic acids is 1. The fourth-order valence-electron chi connectivity index (χ4n) is 1.46. The van der Waals surface area contributed by atoms with E-state index in [4.69, 9.17) is 41.1 Å². The second kappa shape index (κ2) is 14.7. The zero-order chi connectivity index (χ0) is 16.7. The van der Waals surface area contributed by atoms with Crippen LogP contribution in [0, 0.1) is 0 Å². The quantitative estimate of drug-likeness (QED) is 0.350. The third kappa shape index (κ3) is 16.0. The van der Waals surface area contributed by atoms with Crippen molar-refractivity contribution in [3.8, 4) is 0 Å². The van der Waals surface area contributed by atoms with E-state index in [1.165, 1.54) is 11.8 Å². The third-order valence-electron chi connectivity index (χ3n) is 1.96. The predicted molar refractivity (Wildman–Crippen MR) is 92.6 cm³/mol. The van der Waals surface area contributed by atoms with Crippen LogP contribution in [-0.4, -0.2) is 49.8 Å². The molecule has 0 aromatic carbocycles. The van der Waals surface area contributed by atoms with Gasteiger partial charge in [-0.05, 0) is 27.2 Å². The summed E-state index contributed by atoms with van der Waals surface area (Å²) >= 11 is 6.31. The van der Waals surface area contributed by atoms with Crippen molar-refractivity contribution < 1.29 is 23.2 Å². The molecule has 0 spiro atoms. The van der Waals surface area contributed by atoms with Gasteiger partial charge in [0.05, 0.1) is 0 Å². The number of nitrogens with two attached hydrogens (primary N) is 1. The molecule has 0 fully saturated rings. The number of thioether (sulfide) groups is 1. The fraction of sp³-hybridized carbons (Fsp3) is 0.833. The maximum Gasteiger partial charge on any atom is 0.500 e. The van der Waals surface area contributed by atoms with E-state index in [1.54, 1.807) is 0 Å². The van der Waals surface area contributed by atoms with Crippen molar-refractivity contribution in [2.45, 2.75) is 40.2 Å². The molecular weight excluding hydrogens is 330 g/mol. The molecule has 126 valence electrons. The Morgan fingerprint density at radius 1 is 1.19 bits per heavy atom. The second-order valence-corrected chi connectivity index (χ2v) is 8.34. The first-order valence-electron chi connectivity index (χ1n) is 6.87. The minimum absolute atomic E-state index is 0.487. The summed E-state index contributed by atoms with van der Waals surface area (Å²) in [6, 6.07) is 0.818. The minimum atomic E-state index is -2.46. The Balaban J connectivity index is 0. The second-order valence-electron chi connectivity index (χ2n) is 3.77. The van der Waals surface area contributed by atoms with E-state index in [-0.39, 0.29) is 0 Å². The average molecular weight is 358 g/mol. The highest BCUT2D eigenvalue weighted by Gasteiger charge is 2.39. The summed E-state index contributed by atoms with van der Waals surface area (Å²) in [5.74, 6) is 0.0529. The summed E-state index contributed by atoms with van der Waals surface area (Å²) in [4.78, 5) is 9.00. The lowest BCUT2D eigenvalue weighted by Gasteiger charge is -2.28. The van der Waals surface area contributed by atoms with Gasteiger partial charge in [0.1, 0.15) is 4.32 Å². The van der Waals surface area contributed by atoms with Gasteiger partial charge in [-0.2, -0.15) is 0 Å². The molecular formula is C12H27NO5S2Si. The van der Waals surface area contributed by atoms with Crippen molar-refractivity contribution in [1.82, 2.24) is 0 Å². The normalized spacial score (nSPS) is 10.7. The molecule has 0 amide bonds. The molecule has 0 aliphatic heterocycles. The van der Waals surface area contributed by atoms with Gasteiger partial charge >= 0.3 is 8.80 Å². The lowest BCUT2D eigenvalue weighted by atomic mass is 10.6. The number of carboxylic acids is 1. The van der Waals surface area contributed by atoms with Crippen LogP contribution < -0.4 is 5.73 Å². The third-order valence-corrected chi connectivity index (χ3v) is 6.25. The van der Waals surface area contributed by atoms with Gasteiger partial charge in [0.15, 0.2) is 0 Å². The first-order valence-corrected chi connectivity index (χ1v) is 10.2. The Morgan fingerprint density at radius 2 is 1.57 bits per heavy atom. The average Bonchev–Trinajstić information content (AvgIpc) is 2.35. The molecule has 0 radical (unpaired) electrons. The topological polar surface area (TPSA) is 91.0 Å². The van der Waals surface area contributed by atoms with Gasteiger partial charge in [0.2, 0.25) is 0 Å². The number of rotatable bonds is 10. The zero-order valence-corrected chi connectivity index (χ0v) is 15.8. The molecule has 0 saturated carbocycles. The first kappa shape index (κ1) is 23.1. The van der Waals surface area contributed by atoms with Gasteiger partial charge < -0.3 is 24.1 Å². The van der Waals surface area contributed by atoms with Crippen molar-refractivity contribution in [2.24, 2.45) is 5.73 Å². The molecule has 0 aliphatic rings. The summed E-state index contributed by atoms with van der Waals surface area (Å²) in [6.45, 7) is 8.83. The maximum atomic E-state index is 9.00. The van der Waals surface area contributed by atoms with Crippen LogP contribution in [0.4, 0.5) is 0 Å². The van der Waals surface area contributed by atoms with Crippen molar-refractivity contribution in [1.29, 1.82) is 0 Å². The molecule has 0 aromatic rings. The summed E-state index contributed by atoms with van der Waals surface area (Å²) in [6.07, 6.45) is 0.939. The van der Waals surface area contributed by atoms with Crippen molar-refractivity contribution in [2.75, 3.05) is 25.6 Å². The van der Waals surface area contributed by atoms with Gasteiger partial charge in [-0.3, -0.25) is 4.79 Å². The highest BCUT2D eigenvalue weighted by atomic mass is 32.2. The summed E-state index contributed by atoms with van der Waals surface area (Å²) < 4.78 is 17.7. The SMILES string of the molecule is CC(=O)O.CCO[Si](CCCSC(N)=S)(OCC)OCC. The summed E-state index contributed by atoms with van der Waals surface area (Å²) in [7, 11) is -2.46. The zero-order valence-electron chi connectivity index (χ0n) is 13.2. The summed E-state index contributed by atoms with van der Waals surface area (Å²) in [5.41, 5.74) is 5.43. The Morgan fingerprint density at radius 3 is 1.86 bits per heavy atom. The fourth-order valence-corrected chi connectivity index (χ4v) is 5.07. The van der Waals surface area contributed by atoms with E-state index >= 15 is 0 Å². The lowest BCUT2D eigenvalue weighted by molar-refractivity contribution is -0.134. The van der Waals surface area contributed by atoms with Crippen LogP contribution in [0.3, 0.4) is 0 Å². The first-order chi connectivity index (χ1) is 9.83.